The largest absolute Gasteiger partial charge is 0.345 e. The van der Waals surface area contributed by atoms with Crippen LogP contribution in [0.25, 0.3) is 0 Å². The van der Waals surface area contributed by atoms with Crippen LogP contribution >= 0.6 is 22.7 Å². The van der Waals surface area contributed by atoms with Gasteiger partial charge in [0.25, 0.3) is 0 Å². The first-order chi connectivity index (χ1) is 8.69. The lowest BCUT2D eigenvalue weighted by atomic mass is 10.4. The molecule has 1 N–H and O–H groups in total. The minimum absolute atomic E-state index is 0.818. The Morgan fingerprint density at radius 3 is 2.67 bits per heavy atom. The van der Waals surface area contributed by atoms with Gasteiger partial charge in [0.2, 0.25) is 0 Å². The van der Waals surface area contributed by atoms with Crippen LogP contribution in [-0.2, 0) is 13.1 Å². The fraction of sp³-hybridized carbons (Fsp3) is 0.500. The number of nitrogens with one attached hydrogen (secondary N) is 1. The van der Waals surface area contributed by atoms with Gasteiger partial charge in [-0.05, 0) is 13.5 Å². The predicted octanol–water partition coefficient (Wildman–Crippen LogP) is 2.65. The van der Waals surface area contributed by atoms with E-state index in [1.165, 1.54) is 0 Å². The number of anilines is 1. The van der Waals surface area contributed by atoms with Gasteiger partial charge >= 0.3 is 0 Å². The molecule has 2 rings (SSSR count). The van der Waals surface area contributed by atoms with E-state index in [1.807, 2.05) is 6.92 Å². The summed E-state index contributed by atoms with van der Waals surface area (Å²) in [5, 5.41) is 9.67. The highest BCUT2D eigenvalue weighted by Crippen LogP contribution is 2.21. The molecular weight excluding hydrogens is 264 g/mol. The lowest BCUT2D eigenvalue weighted by Gasteiger charge is -2.13. The number of rotatable bonds is 6. The number of thiazole rings is 2. The zero-order chi connectivity index (χ0) is 13.0. The Kier molecular flexibility index (Phi) is 4.68. The van der Waals surface area contributed by atoms with Crippen molar-refractivity contribution in [2.24, 2.45) is 0 Å². The van der Waals surface area contributed by atoms with Crippen molar-refractivity contribution in [3.63, 3.8) is 0 Å². The standard InChI is InChI=1S/C12H18N4S2/c1-4-13-5-10-7-18-12(15-10)16(3)6-11-8-17-9(2)14-11/h7-8,13H,4-6H2,1-3H3. The Morgan fingerprint density at radius 2 is 2.00 bits per heavy atom. The summed E-state index contributed by atoms with van der Waals surface area (Å²) in [6.45, 7) is 6.77. The van der Waals surface area contributed by atoms with Crippen LogP contribution in [0.2, 0.25) is 0 Å². The van der Waals surface area contributed by atoms with E-state index in [1.54, 1.807) is 22.7 Å². The molecular formula is C12H18N4S2. The number of aryl methyl sites for hydroxylation is 1. The van der Waals surface area contributed by atoms with Crippen LogP contribution in [-0.4, -0.2) is 23.6 Å². The van der Waals surface area contributed by atoms with Crippen molar-refractivity contribution in [3.8, 4) is 0 Å². The molecule has 0 saturated carbocycles. The summed E-state index contributed by atoms with van der Waals surface area (Å²) in [7, 11) is 2.06. The monoisotopic (exact) mass is 282 g/mol. The van der Waals surface area contributed by atoms with Gasteiger partial charge in [0.15, 0.2) is 5.13 Å². The van der Waals surface area contributed by atoms with Crippen LogP contribution in [0.5, 0.6) is 0 Å². The first kappa shape index (κ1) is 13.5. The molecule has 0 spiro atoms. The molecule has 0 bridgehead atoms. The molecule has 0 atom stereocenters. The van der Waals surface area contributed by atoms with Gasteiger partial charge in [-0.2, -0.15) is 0 Å². The van der Waals surface area contributed by atoms with Crippen LogP contribution in [0, 0.1) is 6.92 Å². The van der Waals surface area contributed by atoms with Gasteiger partial charge in [0.1, 0.15) is 0 Å². The van der Waals surface area contributed by atoms with Gasteiger partial charge in [-0.1, -0.05) is 6.92 Å². The van der Waals surface area contributed by atoms with Crippen molar-refractivity contribution in [3.05, 3.63) is 27.2 Å². The van der Waals surface area contributed by atoms with E-state index in [9.17, 15) is 0 Å². The van der Waals surface area contributed by atoms with Crippen molar-refractivity contribution < 1.29 is 0 Å². The third-order valence-electron chi connectivity index (χ3n) is 2.49. The Hall–Kier alpha value is -0.980. The molecule has 2 aromatic rings. The average Bonchev–Trinajstić information content (AvgIpc) is 2.96. The van der Waals surface area contributed by atoms with Crippen molar-refractivity contribution in [1.82, 2.24) is 15.3 Å². The fourth-order valence-electron chi connectivity index (χ4n) is 1.60. The summed E-state index contributed by atoms with van der Waals surface area (Å²) in [5.41, 5.74) is 2.22. The molecule has 0 radical (unpaired) electrons. The van der Waals surface area contributed by atoms with E-state index in [0.29, 0.717) is 0 Å². The average molecular weight is 282 g/mol. The summed E-state index contributed by atoms with van der Waals surface area (Å²) in [4.78, 5) is 11.2. The zero-order valence-electron chi connectivity index (χ0n) is 10.9. The second-order valence-electron chi connectivity index (χ2n) is 4.12. The van der Waals surface area contributed by atoms with E-state index in [0.717, 1.165) is 41.2 Å². The second-order valence-corrected chi connectivity index (χ2v) is 6.01. The van der Waals surface area contributed by atoms with Gasteiger partial charge in [-0.15, -0.1) is 22.7 Å². The number of aromatic nitrogens is 2. The smallest absolute Gasteiger partial charge is 0.185 e. The molecule has 6 heteroatoms. The maximum atomic E-state index is 4.61. The maximum Gasteiger partial charge on any atom is 0.185 e. The Balaban J connectivity index is 1.96. The van der Waals surface area contributed by atoms with Crippen LogP contribution in [0.3, 0.4) is 0 Å². The van der Waals surface area contributed by atoms with Gasteiger partial charge in [0, 0.05) is 24.4 Å². The molecule has 18 heavy (non-hydrogen) atoms. The molecule has 0 aliphatic carbocycles. The first-order valence-corrected chi connectivity index (χ1v) is 7.72. The molecule has 0 aliphatic rings. The normalized spacial score (nSPS) is 10.8. The fourth-order valence-corrected chi connectivity index (χ4v) is 2.99. The molecule has 0 aromatic carbocycles. The maximum absolute atomic E-state index is 4.61. The highest BCUT2D eigenvalue weighted by molar-refractivity contribution is 7.13. The Labute approximate surface area is 116 Å². The summed E-state index contributed by atoms with van der Waals surface area (Å²) in [6.07, 6.45) is 0. The molecule has 4 nitrogen and oxygen atoms in total. The summed E-state index contributed by atoms with van der Waals surface area (Å²) in [5.74, 6) is 0. The summed E-state index contributed by atoms with van der Waals surface area (Å²) < 4.78 is 0. The second kappa shape index (κ2) is 6.26. The zero-order valence-corrected chi connectivity index (χ0v) is 12.6. The van der Waals surface area contributed by atoms with Crippen molar-refractivity contribution >= 4 is 27.8 Å². The molecule has 2 aromatic heterocycles. The van der Waals surface area contributed by atoms with Crippen molar-refractivity contribution in [2.45, 2.75) is 26.9 Å². The Bertz CT molecular complexity index is 492. The van der Waals surface area contributed by atoms with Crippen LogP contribution in [0.1, 0.15) is 23.3 Å². The van der Waals surface area contributed by atoms with Crippen molar-refractivity contribution in [1.29, 1.82) is 0 Å². The van der Waals surface area contributed by atoms with Gasteiger partial charge in [0.05, 0.1) is 22.9 Å². The molecule has 0 aliphatic heterocycles. The van der Waals surface area contributed by atoms with Gasteiger partial charge < -0.3 is 10.2 Å². The van der Waals surface area contributed by atoms with Gasteiger partial charge in [-0.25, -0.2) is 9.97 Å². The molecule has 2 heterocycles. The molecule has 0 fully saturated rings. The third kappa shape index (κ3) is 3.51. The van der Waals surface area contributed by atoms with Gasteiger partial charge in [-0.3, -0.25) is 0 Å². The number of hydrogen-bond acceptors (Lipinski definition) is 6. The highest BCUT2D eigenvalue weighted by Gasteiger charge is 2.09. The lowest BCUT2D eigenvalue weighted by molar-refractivity contribution is 0.713. The predicted molar refractivity (Wildman–Crippen MR) is 78.5 cm³/mol. The third-order valence-corrected chi connectivity index (χ3v) is 4.31. The Morgan fingerprint density at radius 1 is 1.22 bits per heavy atom. The molecule has 98 valence electrons. The van der Waals surface area contributed by atoms with Crippen LogP contribution in [0.15, 0.2) is 10.8 Å². The van der Waals surface area contributed by atoms with E-state index < -0.39 is 0 Å². The minimum atomic E-state index is 0.818. The van der Waals surface area contributed by atoms with E-state index in [2.05, 4.69) is 44.9 Å². The van der Waals surface area contributed by atoms with E-state index >= 15 is 0 Å². The number of hydrogen-bond donors (Lipinski definition) is 1. The summed E-state index contributed by atoms with van der Waals surface area (Å²) >= 11 is 3.38. The number of nitrogens with zero attached hydrogens (tertiary/aromatic N) is 3. The lowest BCUT2D eigenvalue weighted by Crippen LogP contribution is -2.17. The van der Waals surface area contributed by atoms with Crippen molar-refractivity contribution in [2.75, 3.05) is 18.5 Å². The molecule has 0 unspecified atom stereocenters. The highest BCUT2D eigenvalue weighted by atomic mass is 32.1. The SMILES string of the molecule is CCNCc1csc(N(C)Cc2csc(C)n2)n1. The minimum Gasteiger partial charge on any atom is -0.345 e. The van der Waals surface area contributed by atoms with Crippen LogP contribution < -0.4 is 10.2 Å². The summed E-state index contributed by atoms with van der Waals surface area (Å²) in [6, 6.07) is 0. The quantitative estimate of drug-likeness (QED) is 0.884. The molecule has 0 amide bonds. The van der Waals surface area contributed by atoms with E-state index in [4.69, 9.17) is 0 Å². The van der Waals surface area contributed by atoms with E-state index in [-0.39, 0.29) is 0 Å². The first-order valence-electron chi connectivity index (χ1n) is 5.96. The topological polar surface area (TPSA) is 41.0 Å². The van der Waals surface area contributed by atoms with Crippen LogP contribution in [0.4, 0.5) is 5.13 Å². The molecule has 0 saturated heterocycles.